The van der Waals surface area contributed by atoms with E-state index in [0.29, 0.717) is 0 Å². The molecular weight excluding hydrogens is 214 g/mol. The number of hydrogen-bond acceptors (Lipinski definition) is 4. The lowest BCUT2D eigenvalue weighted by Gasteiger charge is -2.09. The molecule has 0 spiro atoms. The Hall–Kier alpha value is -1.91. The quantitative estimate of drug-likeness (QED) is 0.877. The highest BCUT2D eigenvalue weighted by Gasteiger charge is 2.11. The third-order valence-corrected chi connectivity index (χ3v) is 2.43. The van der Waals surface area contributed by atoms with Crippen LogP contribution < -0.4 is 5.32 Å². The van der Waals surface area contributed by atoms with Gasteiger partial charge in [-0.1, -0.05) is 0 Å². The van der Waals surface area contributed by atoms with Gasteiger partial charge in [0.05, 0.1) is 0 Å². The first kappa shape index (κ1) is 11.6. The van der Waals surface area contributed by atoms with E-state index in [2.05, 4.69) is 41.2 Å². The largest absolute Gasteiger partial charge is 0.385 e. The molecule has 0 aliphatic carbocycles. The van der Waals surface area contributed by atoms with Gasteiger partial charge in [-0.05, 0) is 32.9 Å². The van der Waals surface area contributed by atoms with Crippen molar-refractivity contribution in [2.45, 2.75) is 26.8 Å². The number of aromatic nitrogens is 4. The summed E-state index contributed by atoms with van der Waals surface area (Å²) in [6, 6.07) is 4.22. The van der Waals surface area contributed by atoms with Crippen LogP contribution in [0.2, 0.25) is 0 Å². The van der Waals surface area contributed by atoms with Gasteiger partial charge in [-0.25, -0.2) is 9.67 Å². The molecule has 0 bridgehead atoms. The van der Waals surface area contributed by atoms with E-state index in [9.17, 15) is 0 Å². The van der Waals surface area contributed by atoms with Crippen molar-refractivity contribution >= 4 is 5.69 Å². The minimum absolute atomic E-state index is 0.275. The zero-order valence-electron chi connectivity index (χ0n) is 10.4. The van der Waals surface area contributed by atoms with Crippen LogP contribution in [0.1, 0.15) is 26.8 Å². The maximum atomic E-state index is 4.34. The van der Waals surface area contributed by atoms with Crippen molar-refractivity contribution in [3.63, 3.8) is 0 Å². The Bertz CT molecular complexity index is 489. The van der Waals surface area contributed by atoms with Crippen molar-refractivity contribution in [1.29, 1.82) is 0 Å². The molecule has 2 aromatic rings. The number of anilines is 1. The van der Waals surface area contributed by atoms with Crippen molar-refractivity contribution in [3.05, 3.63) is 24.7 Å². The van der Waals surface area contributed by atoms with Gasteiger partial charge in [0.2, 0.25) is 0 Å². The van der Waals surface area contributed by atoms with Crippen LogP contribution in [0.5, 0.6) is 0 Å². The lowest BCUT2D eigenvalue weighted by molar-refractivity contribution is 0.536. The van der Waals surface area contributed by atoms with E-state index in [1.54, 1.807) is 12.5 Å². The maximum Gasteiger partial charge on any atom is 0.177 e. The van der Waals surface area contributed by atoms with Crippen molar-refractivity contribution in [2.75, 3.05) is 11.9 Å². The van der Waals surface area contributed by atoms with Gasteiger partial charge in [0.15, 0.2) is 5.82 Å². The summed E-state index contributed by atoms with van der Waals surface area (Å²) in [5.74, 6) is 0.805. The van der Waals surface area contributed by atoms with Crippen molar-refractivity contribution in [3.8, 4) is 11.5 Å². The van der Waals surface area contributed by atoms with E-state index in [1.807, 2.05) is 16.8 Å². The van der Waals surface area contributed by atoms with Gasteiger partial charge >= 0.3 is 0 Å². The van der Waals surface area contributed by atoms with Crippen molar-refractivity contribution in [1.82, 2.24) is 19.7 Å². The molecule has 17 heavy (non-hydrogen) atoms. The molecule has 0 unspecified atom stereocenters. The minimum Gasteiger partial charge on any atom is -0.385 e. The molecule has 5 nitrogen and oxygen atoms in total. The Morgan fingerprint density at radius 3 is 2.88 bits per heavy atom. The topological polar surface area (TPSA) is 55.6 Å². The predicted molar refractivity (Wildman–Crippen MR) is 67.8 cm³/mol. The zero-order valence-corrected chi connectivity index (χ0v) is 10.4. The lowest BCUT2D eigenvalue weighted by Crippen LogP contribution is -2.06. The number of hydrogen-bond donors (Lipinski definition) is 1. The number of rotatable bonds is 4. The summed E-state index contributed by atoms with van der Waals surface area (Å²) in [4.78, 5) is 8.61. The second kappa shape index (κ2) is 4.95. The van der Waals surface area contributed by atoms with Crippen LogP contribution in [-0.4, -0.2) is 26.3 Å². The summed E-state index contributed by atoms with van der Waals surface area (Å²) < 4.78 is 1.87. The molecule has 0 saturated carbocycles. The molecule has 0 atom stereocenters. The smallest absolute Gasteiger partial charge is 0.177 e. The van der Waals surface area contributed by atoms with Gasteiger partial charge in [-0.3, -0.25) is 4.98 Å². The fraction of sp³-hybridized carbons (Fsp3) is 0.417. The molecule has 90 valence electrons. The summed E-state index contributed by atoms with van der Waals surface area (Å²) in [6.45, 7) is 7.11. The number of nitrogens with one attached hydrogen (secondary N) is 1. The molecule has 0 radical (unpaired) electrons. The highest BCUT2D eigenvalue weighted by Crippen LogP contribution is 2.20. The summed E-state index contributed by atoms with van der Waals surface area (Å²) in [5, 5.41) is 7.47. The van der Waals surface area contributed by atoms with Gasteiger partial charge in [-0.2, -0.15) is 5.10 Å². The van der Waals surface area contributed by atoms with Crippen LogP contribution in [0.15, 0.2) is 24.7 Å². The van der Waals surface area contributed by atoms with Gasteiger partial charge in [-0.15, -0.1) is 0 Å². The average Bonchev–Trinajstić information content (AvgIpc) is 2.79. The molecule has 2 heterocycles. The minimum atomic E-state index is 0.275. The molecule has 1 N–H and O–H groups in total. The Balaban J connectivity index is 2.38. The van der Waals surface area contributed by atoms with Gasteiger partial charge in [0, 0.05) is 24.5 Å². The SMILES string of the molecule is CCNc1ccnc(-c2ncnn2C(C)C)c1. The molecule has 2 aromatic heterocycles. The van der Waals surface area contributed by atoms with Crippen LogP contribution in [-0.2, 0) is 0 Å². The Kier molecular flexibility index (Phi) is 3.37. The molecule has 0 saturated heterocycles. The average molecular weight is 231 g/mol. The van der Waals surface area contributed by atoms with E-state index in [-0.39, 0.29) is 6.04 Å². The van der Waals surface area contributed by atoms with E-state index in [0.717, 1.165) is 23.8 Å². The predicted octanol–water partition coefficient (Wildman–Crippen LogP) is 2.35. The molecule has 0 aliphatic rings. The van der Waals surface area contributed by atoms with Crippen LogP contribution in [0.3, 0.4) is 0 Å². The molecule has 0 amide bonds. The maximum absolute atomic E-state index is 4.34. The summed E-state index contributed by atoms with van der Waals surface area (Å²) in [7, 11) is 0. The number of nitrogens with zero attached hydrogens (tertiary/aromatic N) is 4. The van der Waals surface area contributed by atoms with E-state index in [1.165, 1.54) is 0 Å². The normalized spacial score (nSPS) is 10.8. The third kappa shape index (κ3) is 2.43. The molecule has 0 fully saturated rings. The lowest BCUT2D eigenvalue weighted by atomic mass is 10.3. The Morgan fingerprint density at radius 1 is 1.35 bits per heavy atom. The third-order valence-electron chi connectivity index (χ3n) is 2.43. The van der Waals surface area contributed by atoms with Crippen LogP contribution in [0.25, 0.3) is 11.5 Å². The first-order valence-corrected chi connectivity index (χ1v) is 5.82. The first-order chi connectivity index (χ1) is 8.22. The van der Waals surface area contributed by atoms with Gasteiger partial charge < -0.3 is 5.32 Å². The van der Waals surface area contributed by atoms with Crippen molar-refractivity contribution in [2.24, 2.45) is 0 Å². The second-order valence-corrected chi connectivity index (χ2v) is 4.08. The standard InChI is InChI=1S/C12H17N5/c1-4-13-10-5-6-14-11(7-10)12-15-8-16-17(12)9(2)3/h5-9H,4H2,1-3H3,(H,13,14). The van der Waals surface area contributed by atoms with E-state index < -0.39 is 0 Å². The molecule has 2 rings (SSSR count). The highest BCUT2D eigenvalue weighted by molar-refractivity contribution is 5.57. The molecule has 0 aromatic carbocycles. The monoisotopic (exact) mass is 231 g/mol. The van der Waals surface area contributed by atoms with Gasteiger partial charge in [0.25, 0.3) is 0 Å². The number of pyridine rings is 1. The van der Waals surface area contributed by atoms with Crippen LogP contribution in [0, 0.1) is 0 Å². The summed E-state index contributed by atoms with van der Waals surface area (Å²) in [5.41, 5.74) is 1.89. The molecular formula is C12H17N5. The van der Waals surface area contributed by atoms with E-state index >= 15 is 0 Å². The van der Waals surface area contributed by atoms with E-state index in [4.69, 9.17) is 0 Å². The zero-order chi connectivity index (χ0) is 12.3. The summed E-state index contributed by atoms with van der Waals surface area (Å²) >= 11 is 0. The summed E-state index contributed by atoms with van der Waals surface area (Å²) in [6.07, 6.45) is 3.35. The van der Waals surface area contributed by atoms with Gasteiger partial charge in [0.1, 0.15) is 12.0 Å². The van der Waals surface area contributed by atoms with Crippen LogP contribution in [0.4, 0.5) is 5.69 Å². The first-order valence-electron chi connectivity index (χ1n) is 5.82. The molecule has 5 heteroatoms. The Labute approximate surface area is 101 Å². The van der Waals surface area contributed by atoms with Crippen LogP contribution >= 0.6 is 0 Å². The Morgan fingerprint density at radius 2 is 2.18 bits per heavy atom. The second-order valence-electron chi connectivity index (χ2n) is 4.08. The van der Waals surface area contributed by atoms with Crippen molar-refractivity contribution < 1.29 is 0 Å². The fourth-order valence-corrected chi connectivity index (χ4v) is 1.68. The highest BCUT2D eigenvalue weighted by atomic mass is 15.3. The fourth-order valence-electron chi connectivity index (χ4n) is 1.68. The molecule has 0 aliphatic heterocycles.